The number of nitrogens with zero attached hydrogens (tertiary/aromatic N) is 1. The fourth-order valence-electron chi connectivity index (χ4n) is 4.72. The molecule has 1 saturated heterocycles. The third kappa shape index (κ3) is 3.96. The van der Waals surface area contributed by atoms with Crippen molar-refractivity contribution < 1.29 is 19.0 Å². The number of benzene rings is 2. The SMILES string of the molecule is Cc1c2c(cc3c1O/C(=C\c1ccc(C(C)(C)C)cc1)C3=O)CN(CC1CCCO1)CO2. The molecule has 0 bridgehead atoms. The summed E-state index contributed by atoms with van der Waals surface area (Å²) in [6.07, 6.45) is 4.34. The lowest BCUT2D eigenvalue weighted by Crippen LogP contribution is -2.37. The third-order valence-electron chi connectivity index (χ3n) is 6.56. The fraction of sp³-hybridized carbons (Fsp3) is 0.444. The Morgan fingerprint density at radius 1 is 1.16 bits per heavy atom. The molecule has 168 valence electrons. The Morgan fingerprint density at radius 3 is 2.62 bits per heavy atom. The molecule has 5 heteroatoms. The molecule has 2 aromatic rings. The average molecular weight is 434 g/mol. The Hall–Kier alpha value is -2.63. The number of allylic oxidation sites excluding steroid dienone is 1. The highest BCUT2D eigenvalue weighted by atomic mass is 16.5. The van der Waals surface area contributed by atoms with Crippen molar-refractivity contribution >= 4 is 11.9 Å². The highest BCUT2D eigenvalue weighted by Crippen LogP contribution is 2.43. The van der Waals surface area contributed by atoms with Crippen LogP contribution < -0.4 is 9.47 Å². The molecule has 5 rings (SSSR count). The summed E-state index contributed by atoms with van der Waals surface area (Å²) in [5.41, 5.74) is 4.87. The smallest absolute Gasteiger partial charge is 0.231 e. The molecule has 0 saturated carbocycles. The van der Waals surface area contributed by atoms with Crippen molar-refractivity contribution in [2.75, 3.05) is 19.9 Å². The molecule has 1 unspecified atom stereocenters. The Morgan fingerprint density at radius 2 is 1.94 bits per heavy atom. The van der Waals surface area contributed by atoms with Crippen LogP contribution >= 0.6 is 0 Å². The number of fused-ring (bicyclic) bond motifs is 2. The van der Waals surface area contributed by atoms with Crippen molar-refractivity contribution in [2.24, 2.45) is 0 Å². The van der Waals surface area contributed by atoms with Gasteiger partial charge in [0.2, 0.25) is 5.78 Å². The zero-order valence-electron chi connectivity index (χ0n) is 19.4. The van der Waals surface area contributed by atoms with Gasteiger partial charge >= 0.3 is 0 Å². The minimum Gasteiger partial charge on any atom is -0.477 e. The monoisotopic (exact) mass is 433 g/mol. The van der Waals surface area contributed by atoms with E-state index in [1.54, 1.807) is 0 Å². The second-order valence-electron chi connectivity index (χ2n) is 10.1. The highest BCUT2D eigenvalue weighted by molar-refractivity contribution is 6.15. The first-order chi connectivity index (χ1) is 15.3. The number of carbonyl (C=O) groups is 1. The molecule has 0 spiro atoms. The van der Waals surface area contributed by atoms with E-state index < -0.39 is 0 Å². The normalized spacial score (nSPS) is 21.9. The number of ketones is 1. The second-order valence-corrected chi connectivity index (χ2v) is 10.1. The van der Waals surface area contributed by atoms with Crippen LogP contribution in [0.3, 0.4) is 0 Å². The summed E-state index contributed by atoms with van der Waals surface area (Å²) in [6, 6.07) is 10.2. The van der Waals surface area contributed by atoms with Crippen molar-refractivity contribution in [2.45, 2.75) is 58.6 Å². The molecular weight excluding hydrogens is 402 g/mol. The van der Waals surface area contributed by atoms with Gasteiger partial charge in [0, 0.05) is 30.8 Å². The topological polar surface area (TPSA) is 48.0 Å². The first-order valence-corrected chi connectivity index (χ1v) is 11.5. The van der Waals surface area contributed by atoms with Gasteiger partial charge < -0.3 is 14.2 Å². The van der Waals surface area contributed by atoms with Crippen LogP contribution in [-0.2, 0) is 16.7 Å². The maximum Gasteiger partial charge on any atom is 0.231 e. The van der Waals surface area contributed by atoms with Gasteiger partial charge in [-0.15, -0.1) is 0 Å². The molecule has 0 aromatic heterocycles. The van der Waals surface area contributed by atoms with Gasteiger partial charge in [-0.3, -0.25) is 9.69 Å². The van der Waals surface area contributed by atoms with E-state index in [-0.39, 0.29) is 17.3 Å². The van der Waals surface area contributed by atoms with Crippen LogP contribution in [0.1, 0.15) is 66.2 Å². The zero-order valence-corrected chi connectivity index (χ0v) is 19.4. The summed E-state index contributed by atoms with van der Waals surface area (Å²) in [5.74, 6) is 1.77. The largest absolute Gasteiger partial charge is 0.477 e. The Balaban J connectivity index is 1.38. The molecule has 5 nitrogen and oxygen atoms in total. The number of Topliss-reactive ketones (excluding diaryl/α,β-unsaturated/α-hetero) is 1. The lowest BCUT2D eigenvalue weighted by atomic mass is 9.86. The van der Waals surface area contributed by atoms with E-state index in [0.29, 0.717) is 23.8 Å². The van der Waals surface area contributed by atoms with Gasteiger partial charge in [0.05, 0.1) is 11.7 Å². The molecule has 3 aliphatic heterocycles. The van der Waals surface area contributed by atoms with Crippen molar-refractivity contribution in [3.05, 3.63) is 63.9 Å². The van der Waals surface area contributed by atoms with E-state index in [2.05, 4.69) is 37.8 Å². The molecule has 1 fully saturated rings. The minimum absolute atomic E-state index is 0.0675. The lowest BCUT2D eigenvalue weighted by Gasteiger charge is -2.31. The third-order valence-corrected chi connectivity index (χ3v) is 6.56. The average Bonchev–Trinajstić information content (AvgIpc) is 3.37. The van der Waals surface area contributed by atoms with Gasteiger partial charge in [-0.1, -0.05) is 45.0 Å². The molecule has 3 aliphatic rings. The van der Waals surface area contributed by atoms with Gasteiger partial charge in [-0.25, -0.2) is 0 Å². The van der Waals surface area contributed by atoms with E-state index in [1.807, 2.05) is 31.2 Å². The second kappa shape index (κ2) is 8.05. The van der Waals surface area contributed by atoms with Crippen LogP contribution in [0.15, 0.2) is 36.1 Å². The molecule has 1 atom stereocenters. The van der Waals surface area contributed by atoms with Crippen LogP contribution in [0.5, 0.6) is 11.5 Å². The molecule has 0 radical (unpaired) electrons. The van der Waals surface area contributed by atoms with E-state index >= 15 is 0 Å². The first kappa shape index (κ1) is 21.2. The standard InChI is InChI=1S/C27H31NO4/c1-17-25-19(14-28(16-31-25)15-21-6-5-11-30-21)13-22-24(29)23(32-26(17)22)12-18-7-9-20(10-8-18)27(2,3)4/h7-10,12-13,21H,5-6,11,14-16H2,1-4H3/b23-12-. The maximum atomic E-state index is 13.2. The molecule has 0 amide bonds. The first-order valence-electron chi connectivity index (χ1n) is 11.5. The van der Waals surface area contributed by atoms with Gasteiger partial charge in [0.15, 0.2) is 5.76 Å². The predicted molar refractivity (Wildman–Crippen MR) is 124 cm³/mol. The van der Waals surface area contributed by atoms with Crippen molar-refractivity contribution in [1.82, 2.24) is 4.90 Å². The number of hydrogen-bond donors (Lipinski definition) is 0. The summed E-state index contributed by atoms with van der Waals surface area (Å²) < 4.78 is 17.9. The number of carbonyl (C=O) groups excluding carboxylic acids is 1. The van der Waals surface area contributed by atoms with Crippen LogP contribution in [0.2, 0.25) is 0 Å². The van der Waals surface area contributed by atoms with E-state index in [9.17, 15) is 4.79 Å². The maximum absolute atomic E-state index is 13.2. The number of hydrogen-bond acceptors (Lipinski definition) is 5. The molecule has 32 heavy (non-hydrogen) atoms. The summed E-state index contributed by atoms with van der Waals surface area (Å²) in [4.78, 5) is 15.4. The minimum atomic E-state index is -0.0675. The Bertz CT molecular complexity index is 1070. The molecule has 0 N–H and O–H groups in total. The number of ether oxygens (including phenoxy) is 3. The zero-order chi connectivity index (χ0) is 22.5. The Kier molecular flexibility index (Phi) is 5.34. The molecule has 0 aliphatic carbocycles. The summed E-state index contributed by atoms with van der Waals surface area (Å²) in [7, 11) is 0. The summed E-state index contributed by atoms with van der Waals surface area (Å²) in [5, 5.41) is 0. The lowest BCUT2D eigenvalue weighted by molar-refractivity contribution is 0.0276. The van der Waals surface area contributed by atoms with E-state index in [0.717, 1.165) is 55.0 Å². The fourth-order valence-corrected chi connectivity index (χ4v) is 4.72. The predicted octanol–water partition coefficient (Wildman–Crippen LogP) is 5.24. The van der Waals surface area contributed by atoms with Gasteiger partial charge in [0.1, 0.15) is 18.2 Å². The van der Waals surface area contributed by atoms with E-state index in [1.165, 1.54) is 5.56 Å². The van der Waals surface area contributed by atoms with Crippen LogP contribution in [0.4, 0.5) is 0 Å². The van der Waals surface area contributed by atoms with E-state index in [4.69, 9.17) is 14.2 Å². The van der Waals surface area contributed by atoms with Gasteiger partial charge in [-0.05, 0) is 48.4 Å². The van der Waals surface area contributed by atoms with Crippen molar-refractivity contribution in [3.8, 4) is 11.5 Å². The van der Waals surface area contributed by atoms with Crippen LogP contribution in [-0.4, -0.2) is 36.7 Å². The molecule has 2 aromatic carbocycles. The number of rotatable bonds is 3. The molecule has 3 heterocycles. The summed E-state index contributed by atoms with van der Waals surface area (Å²) in [6.45, 7) is 11.5. The van der Waals surface area contributed by atoms with Crippen LogP contribution in [0.25, 0.3) is 6.08 Å². The quantitative estimate of drug-likeness (QED) is 0.620. The van der Waals surface area contributed by atoms with Gasteiger partial charge in [0.25, 0.3) is 0 Å². The van der Waals surface area contributed by atoms with Gasteiger partial charge in [-0.2, -0.15) is 0 Å². The van der Waals surface area contributed by atoms with Crippen molar-refractivity contribution in [3.63, 3.8) is 0 Å². The van der Waals surface area contributed by atoms with Crippen LogP contribution in [0, 0.1) is 6.92 Å². The summed E-state index contributed by atoms with van der Waals surface area (Å²) >= 11 is 0. The Labute approximate surface area is 190 Å². The highest BCUT2D eigenvalue weighted by Gasteiger charge is 2.34. The van der Waals surface area contributed by atoms with Crippen molar-refractivity contribution in [1.29, 1.82) is 0 Å². The molecular formula is C27H31NO4.